The summed E-state index contributed by atoms with van der Waals surface area (Å²) < 4.78 is 5.73. The fraction of sp³-hybridized carbons (Fsp3) is 0.250. The molecule has 7 heteroatoms. The molecule has 134 valence electrons. The van der Waals surface area contributed by atoms with Crippen LogP contribution >= 0.6 is 0 Å². The number of morpholine rings is 1. The first-order chi connectivity index (χ1) is 13.3. The Morgan fingerprint density at radius 3 is 3.04 bits per heavy atom. The van der Waals surface area contributed by atoms with Crippen LogP contribution < -0.4 is 10.2 Å². The van der Waals surface area contributed by atoms with Gasteiger partial charge in [0.25, 0.3) is 0 Å². The highest BCUT2D eigenvalue weighted by atomic mass is 16.5. The lowest BCUT2D eigenvalue weighted by molar-refractivity contribution is 0.0990. The molecule has 2 fully saturated rings. The maximum atomic E-state index is 5.73. The van der Waals surface area contributed by atoms with Gasteiger partial charge in [0.05, 0.1) is 24.3 Å². The molecule has 2 saturated heterocycles. The van der Waals surface area contributed by atoms with Gasteiger partial charge in [-0.3, -0.25) is 10.1 Å². The molecule has 0 amide bonds. The molecular weight excluding hydrogens is 340 g/mol. The third-order valence-electron chi connectivity index (χ3n) is 5.50. The fourth-order valence-electron chi connectivity index (χ4n) is 4.20. The minimum absolute atomic E-state index is 0.355. The summed E-state index contributed by atoms with van der Waals surface area (Å²) in [5, 5.41) is 13.0. The van der Waals surface area contributed by atoms with Crippen LogP contribution in [0.25, 0.3) is 21.8 Å². The number of fused-ring (bicyclic) bond motifs is 4. The van der Waals surface area contributed by atoms with Crippen LogP contribution in [0.1, 0.15) is 6.42 Å². The number of benzene rings is 1. The Morgan fingerprint density at radius 2 is 2.15 bits per heavy atom. The van der Waals surface area contributed by atoms with Gasteiger partial charge < -0.3 is 15.0 Å². The summed E-state index contributed by atoms with van der Waals surface area (Å²) in [6.07, 6.45) is 5.12. The smallest absolute Gasteiger partial charge is 0.178 e. The van der Waals surface area contributed by atoms with Crippen molar-refractivity contribution in [1.29, 1.82) is 0 Å². The number of H-pyrrole nitrogens is 1. The third kappa shape index (κ3) is 2.35. The first kappa shape index (κ1) is 14.9. The number of rotatable bonds is 3. The van der Waals surface area contributed by atoms with Crippen LogP contribution in [0.2, 0.25) is 0 Å². The van der Waals surface area contributed by atoms with Gasteiger partial charge in [-0.1, -0.05) is 0 Å². The number of anilines is 3. The SMILES string of the molecule is c1cnc2c(Nc3ccc4c(N5CC6CC5CO6)nccc4c3)n[nH]c2c1. The molecule has 2 atom stereocenters. The number of nitrogens with one attached hydrogen (secondary N) is 2. The van der Waals surface area contributed by atoms with Crippen molar-refractivity contribution in [3.63, 3.8) is 0 Å². The lowest BCUT2D eigenvalue weighted by atomic mass is 10.1. The number of aromatic nitrogens is 4. The van der Waals surface area contributed by atoms with Gasteiger partial charge in [0.2, 0.25) is 0 Å². The van der Waals surface area contributed by atoms with E-state index in [1.807, 2.05) is 18.3 Å². The van der Waals surface area contributed by atoms with Crippen molar-refractivity contribution < 1.29 is 4.74 Å². The van der Waals surface area contributed by atoms with Gasteiger partial charge in [0, 0.05) is 30.0 Å². The Kier molecular flexibility index (Phi) is 3.12. The molecule has 4 aromatic rings. The summed E-state index contributed by atoms with van der Waals surface area (Å²) in [4.78, 5) is 11.5. The largest absolute Gasteiger partial charge is 0.374 e. The monoisotopic (exact) mass is 358 g/mol. The van der Waals surface area contributed by atoms with Crippen molar-refractivity contribution in [3.8, 4) is 0 Å². The van der Waals surface area contributed by atoms with Gasteiger partial charge in [-0.05, 0) is 48.2 Å². The van der Waals surface area contributed by atoms with Gasteiger partial charge in [0.15, 0.2) is 5.82 Å². The van der Waals surface area contributed by atoms with Crippen LogP contribution in [0.4, 0.5) is 17.3 Å². The van der Waals surface area contributed by atoms with E-state index in [4.69, 9.17) is 4.74 Å². The fourth-order valence-corrected chi connectivity index (χ4v) is 4.20. The highest BCUT2D eigenvalue weighted by molar-refractivity contribution is 5.95. The number of nitrogens with zero attached hydrogens (tertiary/aromatic N) is 4. The van der Waals surface area contributed by atoms with Gasteiger partial charge in [0.1, 0.15) is 11.3 Å². The van der Waals surface area contributed by atoms with Crippen molar-refractivity contribution in [1.82, 2.24) is 20.2 Å². The highest BCUT2D eigenvalue weighted by Crippen LogP contribution is 2.36. The maximum absolute atomic E-state index is 5.73. The van der Waals surface area contributed by atoms with E-state index in [0.717, 1.165) is 53.3 Å². The summed E-state index contributed by atoms with van der Waals surface area (Å²) in [6.45, 7) is 1.74. The molecule has 7 nitrogen and oxygen atoms in total. The zero-order valence-electron chi connectivity index (χ0n) is 14.6. The second kappa shape index (κ2) is 5.65. The summed E-state index contributed by atoms with van der Waals surface area (Å²) >= 11 is 0. The summed E-state index contributed by atoms with van der Waals surface area (Å²) in [5.41, 5.74) is 2.73. The summed E-state index contributed by atoms with van der Waals surface area (Å²) in [6, 6.07) is 12.7. The molecule has 2 N–H and O–H groups in total. The van der Waals surface area contributed by atoms with Crippen molar-refractivity contribution >= 4 is 39.1 Å². The molecule has 1 aromatic carbocycles. The molecular formula is C20H18N6O. The van der Waals surface area contributed by atoms with E-state index in [0.29, 0.717) is 12.1 Å². The third-order valence-corrected chi connectivity index (χ3v) is 5.50. The van der Waals surface area contributed by atoms with Crippen LogP contribution in [0.5, 0.6) is 0 Å². The number of aromatic amines is 1. The van der Waals surface area contributed by atoms with Crippen molar-refractivity contribution in [2.45, 2.75) is 18.6 Å². The standard InChI is InChI=1S/C20H18N6O/c1-2-17-18(21-6-1)19(25-24-17)23-13-3-4-16-12(8-13)5-7-22-20(16)26-10-15-9-14(26)11-27-15/h1-8,14-15H,9-11H2,(H2,23,24,25). The molecule has 0 aliphatic carbocycles. The van der Waals surface area contributed by atoms with E-state index in [9.17, 15) is 0 Å². The second-order valence-electron chi connectivity index (χ2n) is 7.16. The van der Waals surface area contributed by atoms with Crippen LogP contribution in [0, 0.1) is 0 Å². The predicted molar refractivity (Wildman–Crippen MR) is 104 cm³/mol. The van der Waals surface area contributed by atoms with Gasteiger partial charge in [-0.25, -0.2) is 4.98 Å². The number of pyridine rings is 2. The normalized spacial score (nSPS) is 21.4. The summed E-state index contributed by atoms with van der Waals surface area (Å²) in [5.74, 6) is 1.79. The molecule has 3 aromatic heterocycles. The van der Waals surface area contributed by atoms with Gasteiger partial charge in [-0.2, -0.15) is 5.10 Å². The van der Waals surface area contributed by atoms with Crippen LogP contribution in [0.3, 0.4) is 0 Å². The van der Waals surface area contributed by atoms with E-state index < -0.39 is 0 Å². The minimum Gasteiger partial charge on any atom is -0.374 e. The molecule has 2 aliphatic heterocycles. The van der Waals surface area contributed by atoms with Gasteiger partial charge >= 0.3 is 0 Å². The van der Waals surface area contributed by atoms with Crippen molar-refractivity contribution in [2.24, 2.45) is 0 Å². The molecule has 0 radical (unpaired) electrons. The average Bonchev–Trinajstić information content (AvgIpc) is 3.44. The minimum atomic E-state index is 0.355. The molecule has 2 unspecified atom stereocenters. The topological polar surface area (TPSA) is 79.0 Å². The molecule has 27 heavy (non-hydrogen) atoms. The van der Waals surface area contributed by atoms with Crippen molar-refractivity contribution in [2.75, 3.05) is 23.4 Å². The Hall–Kier alpha value is -3.19. The number of hydrogen-bond donors (Lipinski definition) is 2. The summed E-state index contributed by atoms with van der Waals surface area (Å²) in [7, 11) is 0. The molecule has 6 rings (SSSR count). The lowest BCUT2D eigenvalue weighted by Crippen LogP contribution is -2.37. The Labute approximate surface area is 155 Å². The van der Waals surface area contributed by atoms with Crippen LogP contribution in [-0.4, -0.2) is 45.5 Å². The Balaban J connectivity index is 1.37. The van der Waals surface area contributed by atoms with Crippen molar-refractivity contribution in [3.05, 3.63) is 48.8 Å². The molecule has 2 bridgehead atoms. The van der Waals surface area contributed by atoms with Crippen LogP contribution in [0.15, 0.2) is 48.8 Å². The Bertz CT molecular complexity index is 1160. The molecule has 5 heterocycles. The van der Waals surface area contributed by atoms with E-state index in [1.165, 1.54) is 5.39 Å². The number of ether oxygens (including phenoxy) is 1. The first-order valence-corrected chi connectivity index (χ1v) is 9.18. The first-order valence-electron chi connectivity index (χ1n) is 9.18. The maximum Gasteiger partial charge on any atom is 0.178 e. The zero-order valence-corrected chi connectivity index (χ0v) is 14.6. The van der Waals surface area contributed by atoms with E-state index in [-0.39, 0.29) is 0 Å². The zero-order chi connectivity index (χ0) is 17.8. The van der Waals surface area contributed by atoms with E-state index in [2.05, 4.69) is 54.6 Å². The van der Waals surface area contributed by atoms with E-state index >= 15 is 0 Å². The highest BCUT2D eigenvalue weighted by Gasteiger charge is 2.40. The lowest BCUT2D eigenvalue weighted by Gasteiger charge is -2.28. The van der Waals surface area contributed by atoms with Crippen LogP contribution in [-0.2, 0) is 4.74 Å². The molecule has 2 aliphatic rings. The predicted octanol–water partition coefficient (Wildman–Crippen LogP) is 3.23. The molecule has 0 spiro atoms. The quantitative estimate of drug-likeness (QED) is 0.585. The van der Waals surface area contributed by atoms with Gasteiger partial charge in [-0.15, -0.1) is 0 Å². The number of hydrogen-bond acceptors (Lipinski definition) is 6. The second-order valence-corrected chi connectivity index (χ2v) is 7.16. The molecule has 0 saturated carbocycles. The van der Waals surface area contributed by atoms with E-state index in [1.54, 1.807) is 6.20 Å². The Morgan fingerprint density at radius 1 is 1.15 bits per heavy atom. The average molecular weight is 358 g/mol.